The Bertz CT molecular complexity index is 422. The highest BCUT2D eigenvalue weighted by atomic mass is 32.2. The van der Waals surface area contributed by atoms with Gasteiger partial charge in [-0.25, -0.2) is 12.7 Å². The van der Waals surface area contributed by atoms with Crippen LogP contribution in [0.25, 0.3) is 0 Å². The molecule has 1 heterocycles. The van der Waals surface area contributed by atoms with Crippen molar-refractivity contribution < 1.29 is 8.42 Å². The maximum absolute atomic E-state index is 10.9. The molecule has 5 heteroatoms. The van der Waals surface area contributed by atoms with Crippen LogP contribution in [0.3, 0.4) is 0 Å². The first kappa shape index (κ1) is 10.1. The van der Waals surface area contributed by atoms with Gasteiger partial charge in [0.15, 0.2) is 0 Å². The van der Waals surface area contributed by atoms with E-state index in [0.29, 0.717) is 0 Å². The summed E-state index contributed by atoms with van der Waals surface area (Å²) in [5.74, 6) is 2.75. The van der Waals surface area contributed by atoms with Crippen LogP contribution in [0.15, 0.2) is 17.5 Å². The normalized spacial score (nSPS) is 10.3. The van der Waals surface area contributed by atoms with Crippen molar-refractivity contribution in [1.29, 1.82) is 0 Å². The summed E-state index contributed by atoms with van der Waals surface area (Å²) in [6.07, 6.45) is 1.12. The molecule has 0 radical (unpaired) electrons. The van der Waals surface area contributed by atoms with E-state index in [2.05, 4.69) is 12.0 Å². The van der Waals surface area contributed by atoms with Crippen LogP contribution >= 0.6 is 11.3 Å². The Morgan fingerprint density at radius 2 is 2.23 bits per heavy atom. The lowest BCUT2D eigenvalue weighted by molar-refractivity contribution is 0.554. The van der Waals surface area contributed by atoms with Crippen molar-refractivity contribution in [3.05, 3.63) is 22.4 Å². The Hall–Kier alpha value is -0.990. The van der Waals surface area contributed by atoms with Crippen molar-refractivity contribution in [3.63, 3.8) is 0 Å². The third-order valence-electron chi connectivity index (χ3n) is 1.36. The maximum atomic E-state index is 10.9. The second-order valence-corrected chi connectivity index (χ2v) is 5.41. The topological polar surface area (TPSA) is 37.4 Å². The van der Waals surface area contributed by atoms with Gasteiger partial charge < -0.3 is 0 Å². The second kappa shape index (κ2) is 3.81. The van der Waals surface area contributed by atoms with Crippen LogP contribution in [-0.2, 0) is 10.0 Å². The molecule has 0 aliphatic carbocycles. The minimum absolute atomic E-state index is 0.857. The Labute approximate surface area is 82.1 Å². The largest absolute Gasteiger partial charge is 0.238 e. The monoisotopic (exact) mass is 215 g/mol. The van der Waals surface area contributed by atoms with Crippen LogP contribution in [0.1, 0.15) is 4.88 Å². The van der Waals surface area contributed by atoms with Crippen molar-refractivity contribution in [2.75, 3.05) is 13.3 Å². The van der Waals surface area contributed by atoms with Crippen LogP contribution in [0.5, 0.6) is 0 Å². The summed E-state index contributed by atoms with van der Waals surface area (Å²) in [5.41, 5.74) is 0. The van der Waals surface area contributed by atoms with Crippen LogP contribution in [0, 0.1) is 12.0 Å². The molecule has 1 rings (SSSR count). The van der Waals surface area contributed by atoms with Crippen molar-refractivity contribution in [3.8, 4) is 12.0 Å². The van der Waals surface area contributed by atoms with Crippen LogP contribution in [0.2, 0.25) is 0 Å². The third kappa shape index (κ3) is 3.09. The summed E-state index contributed by atoms with van der Waals surface area (Å²) in [6.45, 7) is 0. The Morgan fingerprint density at radius 1 is 1.54 bits per heavy atom. The number of nitrogens with zero attached hydrogens (tertiary/aromatic N) is 1. The molecule has 13 heavy (non-hydrogen) atoms. The van der Waals surface area contributed by atoms with Gasteiger partial charge >= 0.3 is 0 Å². The average Bonchev–Trinajstić information content (AvgIpc) is 2.50. The van der Waals surface area contributed by atoms with Gasteiger partial charge in [0, 0.05) is 13.1 Å². The maximum Gasteiger partial charge on any atom is 0.238 e. The van der Waals surface area contributed by atoms with Crippen LogP contribution in [0.4, 0.5) is 0 Å². The van der Waals surface area contributed by atoms with Gasteiger partial charge in [0.05, 0.1) is 11.1 Å². The zero-order valence-electron chi connectivity index (χ0n) is 7.31. The first-order chi connectivity index (χ1) is 6.00. The molecule has 0 saturated carbocycles. The van der Waals surface area contributed by atoms with E-state index in [-0.39, 0.29) is 0 Å². The zero-order chi connectivity index (χ0) is 9.90. The molecule has 0 fully saturated rings. The fourth-order valence-electron chi connectivity index (χ4n) is 0.566. The van der Waals surface area contributed by atoms with E-state index in [1.165, 1.54) is 18.4 Å². The first-order valence-electron chi connectivity index (χ1n) is 3.49. The average molecular weight is 215 g/mol. The first-order valence-corrected chi connectivity index (χ1v) is 6.22. The zero-order valence-corrected chi connectivity index (χ0v) is 8.95. The molecular formula is C8H9NO2S2. The molecule has 0 saturated heterocycles. The molecule has 0 amide bonds. The molecule has 1 aromatic rings. The Kier molecular flexibility index (Phi) is 2.96. The summed E-state index contributed by atoms with van der Waals surface area (Å²) >= 11 is 1.48. The Balaban J connectivity index is 2.80. The molecule has 0 aliphatic heterocycles. The molecule has 0 aromatic carbocycles. The number of hydrogen-bond acceptors (Lipinski definition) is 3. The molecule has 1 aromatic heterocycles. The van der Waals surface area contributed by atoms with E-state index in [0.717, 1.165) is 15.4 Å². The molecule has 0 unspecified atom stereocenters. The highest BCUT2D eigenvalue weighted by Gasteiger charge is 2.04. The van der Waals surface area contributed by atoms with E-state index < -0.39 is 10.0 Å². The molecule has 3 nitrogen and oxygen atoms in total. The highest BCUT2D eigenvalue weighted by Crippen LogP contribution is 2.05. The van der Waals surface area contributed by atoms with Gasteiger partial charge in [-0.3, -0.25) is 0 Å². The van der Waals surface area contributed by atoms with Crippen molar-refractivity contribution in [2.24, 2.45) is 0 Å². The molecular weight excluding hydrogens is 206 g/mol. The lowest BCUT2D eigenvalue weighted by Crippen LogP contribution is -2.19. The van der Waals surface area contributed by atoms with E-state index in [1.807, 2.05) is 17.5 Å². The quantitative estimate of drug-likeness (QED) is 0.516. The van der Waals surface area contributed by atoms with Gasteiger partial charge in [-0.15, -0.1) is 11.3 Å². The van der Waals surface area contributed by atoms with Gasteiger partial charge in [-0.2, -0.15) is 0 Å². The van der Waals surface area contributed by atoms with Crippen LogP contribution < -0.4 is 0 Å². The van der Waals surface area contributed by atoms with Gasteiger partial charge in [0.25, 0.3) is 0 Å². The fourth-order valence-corrected chi connectivity index (χ4v) is 1.34. The number of rotatable bonds is 1. The molecule has 70 valence electrons. The molecule has 0 atom stereocenters. The van der Waals surface area contributed by atoms with Crippen LogP contribution in [-0.4, -0.2) is 26.0 Å². The van der Waals surface area contributed by atoms with Crippen molar-refractivity contribution in [2.45, 2.75) is 0 Å². The predicted octanol–water partition coefficient (Wildman–Crippen LogP) is 0.949. The summed E-state index contributed by atoms with van der Waals surface area (Å²) in [5, 5.41) is 1.89. The van der Waals surface area contributed by atoms with E-state index in [1.54, 1.807) is 0 Å². The van der Waals surface area contributed by atoms with Gasteiger partial charge in [0.1, 0.15) is 0 Å². The number of thiophene rings is 1. The molecule has 0 bridgehead atoms. The SMILES string of the molecule is CN(C#Cc1cccs1)S(C)(=O)=O. The molecule has 0 aliphatic rings. The summed E-state index contributed by atoms with van der Waals surface area (Å²) in [6, 6.07) is 6.24. The molecule has 0 spiro atoms. The smallest absolute Gasteiger partial charge is 0.231 e. The van der Waals surface area contributed by atoms with Crippen molar-refractivity contribution in [1.82, 2.24) is 4.31 Å². The van der Waals surface area contributed by atoms with E-state index in [9.17, 15) is 8.42 Å². The summed E-state index contributed by atoms with van der Waals surface area (Å²) < 4.78 is 22.8. The summed E-state index contributed by atoms with van der Waals surface area (Å²) in [4.78, 5) is 0.857. The summed E-state index contributed by atoms with van der Waals surface area (Å²) in [7, 11) is -1.77. The lowest BCUT2D eigenvalue weighted by Gasteiger charge is -2.05. The number of hydrogen-bond donors (Lipinski definition) is 0. The lowest BCUT2D eigenvalue weighted by atomic mass is 10.5. The Morgan fingerprint density at radius 3 is 2.69 bits per heavy atom. The van der Waals surface area contributed by atoms with Gasteiger partial charge in [-0.05, 0) is 17.4 Å². The van der Waals surface area contributed by atoms with Gasteiger partial charge in [0.2, 0.25) is 10.0 Å². The second-order valence-electron chi connectivity index (χ2n) is 2.44. The van der Waals surface area contributed by atoms with Crippen molar-refractivity contribution >= 4 is 21.4 Å². The predicted molar refractivity (Wildman–Crippen MR) is 53.8 cm³/mol. The fraction of sp³-hybridized carbons (Fsp3) is 0.250. The standard InChI is InChI=1S/C8H9NO2S2/c1-9(13(2,10)11)6-5-8-4-3-7-12-8/h3-4,7H,1-2H3. The minimum atomic E-state index is -3.19. The molecule has 0 N–H and O–H groups in total. The highest BCUT2D eigenvalue weighted by molar-refractivity contribution is 7.88. The third-order valence-corrected chi connectivity index (χ3v) is 3.23. The van der Waals surface area contributed by atoms with Gasteiger partial charge in [-0.1, -0.05) is 6.07 Å². The van der Waals surface area contributed by atoms with E-state index >= 15 is 0 Å². The minimum Gasteiger partial charge on any atom is -0.231 e. The number of sulfonamides is 1. The van der Waals surface area contributed by atoms with E-state index in [4.69, 9.17) is 0 Å².